The van der Waals surface area contributed by atoms with Crippen LogP contribution in [0.5, 0.6) is 0 Å². The summed E-state index contributed by atoms with van der Waals surface area (Å²) >= 11 is 0. The van der Waals surface area contributed by atoms with Gasteiger partial charge in [0.1, 0.15) is 0 Å². The lowest BCUT2D eigenvalue weighted by Crippen LogP contribution is -2.38. The molecule has 0 radical (unpaired) electrons. The highest BCUT2D eigenvalue weighted by Crippen LogP contribution is 2.10. The molecule has 3 heteroatoms. The van der Waals surface area contributed by atoms with Gasteiger partial charge in [0.25, 0.3) is 0 Å². The van der Waals surface area contributed by atoms with Gasteiger partial charge >= 0.3 is 6.03 Å². The first-order chi connectivity index (χ1) is 11.0. The molecule has 1 atom stereocenters. The number of rotatable bonds is 3. The van der Waals surface area contributed by atoms with Crippen molar-refractivity contribution in [1.29, 1.82) is 0 Å². The molecule has 23 heavy (non-hydrogen) atoms. The summed E-state index contributed by atoms with van der Waals surface area (Å²) in [4.78, 5) is 12.0. The number of benzene rings is 2. The van der Waals surface area contributed by atoms with Gasteiger partial charge < -0.3 is 10.6 Å². The van der Waals surface area contributed by atoms with E-state index < -0.39 is 0 Å². The third kappa shape index (κ3) is 5.52. The zero-order chi connectivity index (χ0) is 16.7. The first-order valence-electron chi connectivity index (χ1n) is 7.79. The Kier molecular flexibility index (Phi) is 5.82. The standard InChI is InChI=1S/C20H22N2O/c1-15(2)16(3)21-20(23)22-19-11-7-10-18(14-19)13-12-17-8-5-4-6-9-17/h4-11,14-16H,1-3H3,(H2,21,22,23). The maximum absolute atomic E-state index is 12.0. The summed E-state index contributed by atoms with van der Waals surface area (Å²) in [5.74, 6) is 6.61. The third-order valence-corrected chi connectivity index (χ3v) is 3.60. The molecule has 0 aromatic heterocycles. The fourth-order valence-electron chi connectivity index (χ4n) is 1.88. The van der Waals surface area contributed by atoms with Crippen LogP contribution in [0.3, 0.4) is 0 Å². The molecule has 0 heterocycles. The Morgan fingerprint density at radius 2 is 1.57 bits per heavy atom. The van der Waals surface area contributed by atoms with Gasteiger partial charge in [-0.3, -0.25) is 0 Å². The number of carbonyl (C=O) groups is 1. The van der Waals surface area contributed by atoms with E-state index in [1.165, 1.54) is 0 Å². The molecular formula is C20H22N2O. The second kappa shape index (κ2) is 8.05. The number of amides is 2. The van der Waals surface area contributed by atoms with Crippen LogP contribution in [0.25, 0.3) is 0 Å². The third-order valence-electron chi connectivity index (χ3n) is 3.60. The number of carbonyl (C=O) groups excluding carboxylic acids is 1. The van der Waals surface area contributed by atoms with E-state index in [-0.39, 0.29) is 12.1 Å². The van der Waals surface area contributed by atoms with Gasteiger partial charge in [0.2, 0.25) is 0 Å². The van der Waals surface area contributed by atoms with E-state index in [0.717, 1.165) is 16.8 Å². The van der Waals surface area contributed by atoms with Crippen LogP contribution < -0.4 is 10.6 Å². The Bertz CT molecular complexity index is 711. The molecule has 2 N–H and O–H groups in total. The topological polar surface area (TPSA) is 41.1 Å². The first kappa shape index (κ1) is 16.6. The molecule has 2 rings (SSSR count). The summed E-state index contributed by atoms with van der Waals surface area (Å²) in [5, 5.41) is 5.77. The Labute approximate surface area is 138 Å². The van der Waals surface area contributed by atoms with Crippen LogP contribution in [0.4, 0.5) is 10.5 Å². The quantitative estimate of drug-likeness (QED) is 0.818. The van der Waals surface area contributed by atoms with Gasteiger partial charge in [-0.25, -0.2) is 4.79 Å². The molecule has 1 unspecified atom stereocenters. The summed E-state index contributed by atoms with van der Waals surface area (Å²) in [6.45, 7) is 6.14. The van der Waals surface area contributed by atoms with Gasteiger partial charge in [0, 0.05) is 22.9 Å². The number of anilines is 1. The van der Waals surface area contributed by atoms with Crippen molar-refractivity contribution in [2.45, 2.75) is 26.8 Å². The van der Waals surface area contributed by atoms with E-state index in [1.54, 1.807) is 0 Å². The lowest BCUT2D eigenvalue weighted by Gasteiger charge is -2.17. The number of nitrogens with one attached hydrogen (secondary N) is 2. The van der Waals surface area contributed by atoms with Crippen molar-refractivity contribution in [3.8, 4) is 11.8 Å². The van der Waals surface area contributed by atoms with Gasteiger partial charge in [-0.05, 0) is 43.2 Å². The molecule has 0 spiro atoms. The largest absolute Gasteiger partial charge is 0.335 e. The Morgan fingerprint density at radius 1 is 0.913 bits per heavy atom. The molecule has 2 aromatic rings. The van der Waals surface area contributed by atoms with Crippen LogP contribution in [-0.4, -0.2) is 12.1 Å². The minimum absolute atomic E-state index is 0.121. The molecule has 2 aromatic carbocycles. The monoisotopic (exact) mass is 306 g/mol. The first-order valence-corrected chi connectivity index (χ1v) is 7.79. The maximum Gasteiger partial charge on any atom is 0.319 e. The van der Waals surface area contributed by atoms with E-state index in [0.29, 0.717) is 5.92 Å². The van der Waals surface area contributed by atoms with E-state index >= 15 is 0 Å². The second-order valence-corrected chi connectivity index (χ2v) is 5.83. The summed E-state index contributed by atoms with van der Waals surface area (Å²) in [6.07, 6.45) is 0. The molecule has 118 valence electrons. The van der Waals surface area contributed by atoms with E-state index in [1.807, 2.05) is 61.5 Å². The van der Waals surface area contributed by atoms with Gasteiger partial charge in [0.15, 0.2) is 0 Å². The van der Waals surface area contributed by atoms with Crippen molar-refractivity contribution in [1.82, 2.24) is 5.32 Å². The minimum Gasteiger partial charge on any atom is -0.335 e. The average Bonchev–Trinajstić information content (AvgIpc) is 2.54. The van der Waals surface area contributed by atoms with Crippen molar-refractivity contribution in [3.63, 3.8) is 0 Å². The van der Waals surface area contributed by atoms with Crippen molar-refractivity contribution < 1.29 is 4.79 Å². The molecule has 0 fully saturated rings. The van der Waals surface area contributed by atoms with Crippen molar-refractivity contribution in [2.24, 2.45) is 5.92 Å². The van der Waals surface area contributed by atoms with Crippen LogP contribution in [-0.2, 0) is 0 Å². The summed E-state index contributed by atoms with van der Waals surface area (Å²) in [7, 11) is 0. The lowest BCUT2D eigenvalue weighted by molar-refractivity contribution is 0.246. The molecule has 0 aliphatic heterocycles. The molecule has 0 saturated carbocycles. The van der Waals surface area contributed by atoms with Gasteiger partial charge in [-0.1, -0.05) is 50.0 Å². The molecule has 0 aliphatic carbocycles. The SMILES string of the molecule is CC(C)C(C)NC(=O)Nc1cccc(C#Cc2ccccc2)c1. The average molecular weight is 306 g/mol. The molecule has 0 saturated heterocycles. The van der Waals surface area contributed by atoms with Crippen LogP contribution in [0.1, 0.15) is 31.9 Å². The Morgan fingerprint density at radius 3 is 2.26 bits per heavy atom. The van der Waals surface area contributed by atoms with E-state index in [2.05, 4.69) is 36.3 Å². The van der Waals surface area contributed by atoms with E-state index in [9.17, 15) is 4.79 Å². The van der Waals surface area contributed by atoms with Crippen molar-refractivity contribution in [3.05, 3.63) is 65.7 Å². The molecular weight excluding hydrogens is 284 g/mol. The smallest absolute Gasteiger partial charge is 0.319 e. The summed E-state index contributed by atoms with van der Waals surface area (Å²) in [5.41, 5.74) is 2.57. The highest BCUT2D eigenvalue weighted by atomic mass is 16.2. The van der Waals surface area contributed by atoms with Gasteiger partial charge in [0.05, 0.1) is 0 Å². The van der Waals surface area contributed by atoms with Gasteiger partial charge in [-0.2, -0.15) is 0 Å². The highest BCUT2D eigenvalue weighted by molar-refractivity contribution is 5.89. The van der Waals surface area contributed by atoms with Crippen LogP contribution >= 0.6 is 0 Å². The fraction of sp³-hybridized carbons (Fsp3) is 0.250. The van der Waals surface area contributed by atoms with Crippen LogP contribution in [0, 0.1) is 17.8 Å². The lowest BCUT2D eigenvalue weighted by atomic mass is 10.1. The summed E-state index contributed by atoms with van der Waals surface area (Å²) in [6, 6.07) is 17.3. The van der Waals surface area contributed by atoms with Crippen molar-refractivity contribution in [2.75, 3.05) is 5.32 Å². The number of urea groups is 1. The van der Waals surface area contributed by atoms with Crippen LogP contribution in [0.15, 0.2) is 54.6 Å². The predicted octanol–water partition coefficient (Wildman–Crippen LogP) is 4.25. The Balaban J connectivity index is 2.03. The predicted molar refractivity (Wildman–Crippen MR) is 95.3 cm³/mol. The van der Waals surface area contributed by atoms with Crippen LogP contribution in [0.2, 0.25) is 0 Å². The maximum atomic E-state index is 12.0. The minimum atomic E-state index is -0.195. The number of hydrogen-bond donors (Lipinski definition) is 2. The second-order valence-electron chi connectivity index (χ2n) is 5.83. The summed E-state index contributed by atoms with van der Waals surface area (Å²) < 4.78 is 0. The molecule has 3 nitrogen and oxygen atoms in total. The number of hydrogen-bond acceptors (Lipinski definition) is 1. The van der Waals surface area contributed by atoms with Crippen molar-refractivity contribution >= 4 is 11.7 Å². The van der Waals surface area contributed by atoms with E-state index in [4.69, 9.17) is 0 Å². The fourth-order valence-corrected chi connectivity index (χ4v) is 1.88. The molecule has 2 amide bonds. The molecule has 0 bridgehead atoms. The highest BCUT2D eigenvalue weighted by Gasteiger charge is 2.10. The Hall–Kier alpha value is -2.73. The zero-order valence-corrected chi connectivity index (χ0v) is 13.8. The van der Waals surface area contributed by atoms with Gasteiger partial charge in [-0.15, -0.1) is 0 Å². The molecule has 0 aliphatic rings. The normalized spacial score (nSPS) is 11.3. The zero-order valence-electron chi connectivity index (χ0n) is 13.8.